The molecule has 0 aliphatic heterocycles. The summed E-state index contributed by atoms with van der Waals surface area (Å²) in [5.41, 5.74) is -0.183. The second kappa shape index (κ2) is 5.71. The zero-order valence-electron chi connectivity index (χ0n) is 8.80. The number of hydrogen-bond acceptors (Lipinski definition) is 3. The van der Waals surface area contributed by atoms with Crippen LogP contribution in [-0.4, -0.2) is 17.3 Å². The van der Waals surface area contributed by atoms with Crippen LogP contribution in [0.25, 0.3) is 0 Å². The van der Waals surface area contributed by atoms with Crippen molar-refractivity contribution in [2.75, 3.05) is 6.61 Å². The van der Waals surface area contributed by atoms with Crippen LogP contribution in [0.3, 0.4) is 0 Å². The van der Waals surface area contributed by atoms with Crippen LogP contribution < -0.4 is 17.7 Å². The van der Waals surface area contributed by atoms with Crippen molar-refractivity contribution in [1.29, 1.82) is 0 Å². The Balaban J connectivity index is 0.00000169. The SMILES string of the molecule is Cc1ccc(CNC(C)(C)CO)s1.[Cl-]. The Morgan fingerprint density at radius 1 is 1.43 bits per heavy atom. The molecule has 1 aromatic heterocycles. The first-order chi connectivity index (χ1) is 6.03. The molecule has 0 unspecified atom stereocenters. The monoisotopic (exact) mass is 234 g/mol. The molecule has 0 radical (unpaired) electrons. The third kappa shape index (κ3) is 4.42. The van der Waals surface area contributed by atoms with Crippen molar-refractivity contribution in [2.24, 2.45) is 0 Å². The summed E-state index contributed by atoms with van der Waals surface area (Å²) in [6.07, 6.45) is 0. The number of thiophene rings is 1. The fourth-order valence-electron chi connectivity index (χ4n) is 0.962. The van der Waals surface area contributed by atoms with Gasteiger partial charge in [0.25, 0.3) is 0 Å². The summed E-state index contributed by atoms with van der Waals surface area (Å²) in [6, 6.07) is 4.24. The number of aliphatic hydroxyl groups excluding tert-OH is 1. The van der Waals surface area contributed by atoms with E-state index in [0.29, 0.717) is 0 Å². The lowest BCUT2D eigenvalue weighted by Gasteiger charge is -2.22. The third-order valence-corrected chi connectivity index (χ3v) is 2.93. The van der Waals surface area contributed by atoms with Gasteiger partial charge < -0.3 is 22.8 Å². The van der Waals surface area contributed by atoms with E-state index in [4.69, 9.17) is 5.11 Å². The minimum Gasteiger partial charge on any atom is -1.00 e. The minimum atomic E-state index is -0.183. The Bertz CT molecular complexity index is 273. The summed E-state index contributed by atoms with van der Waals surface area (Å²) in [7, 11) is 0. The second-order valence-corrected chi connectivity index (χ2v) is 5.28. The highest BCUT2D eigenvalue weighted by molar-refractivity contribution is 7.11. The highest BCUT2D eigenvalue weighted by Gasteiger charge is 2.14. The molecule has 0 bridgehead atoms. The number of hydrogen-bond donors (Lipinski definition) is 2. The molecule has 4 heteroatoms. The molecule has 82 valence electrons. The minimum absolute atomic E-state index is 0. The summed E-state index contributed by atoms with van der Waals surface area (Å²) in [5.74, 6) is 0. The molecule has 1 aromatic rings. The summed E-state index contributed by atoms with van der Waals surface area (Å²) in [4.78, 5) is 2.65. The Kier molecular flexibility index (Phi) is 5.67. The van der Waals surface area contributed by atoms with Crippen molar-refractivity contribution in [3.63, 3.8) is 0 Å². The predicted molar refractivity (Wildman–Crippen MR) is 57.1 cm³/mol. The van der Waals surface area contributed by atoms with Gasteiger partial charge >= 0.3 is 0 Å². The molecular formula is C10H17ClNOS-. The Morgan fingerprint density at radius 3 is 2.50 bits per heavy atom. The fraction of sp³-hybridized carbons (Fsp3) is 0.600. The van der Waals surface area contributed by atoms with Crippen LogP contribution in [0, 0.1) is 6.92 Å². The number of rotatable bonds is 4. The largest absolute Gasteiger partial charge is 1.00 e. The molecule has 0 fully saturated rings. The van der Waals surface area contributed by atoms with Gasteiger partial charge in [-0.15, -0.1) is 11.3 Å². The van der Waals surface area contributed by atoms with Crippen molar-refractivity contribution >= 4 is 11.3 Å². The first-order valence-corrected chi connectivity index (χ1v) is 5.26. The lowest BCUT2D eigenvalue weighted by atomic mass is 10.1. The summed E-state index contributed by atoms with van der Waals surface area (Å²) in [6.45, 7) is 7.09. The van der Waals surface area contributed by atoms with E-state index < -0.39 is 0 Å². The summed E-state index contributed by atoms with van der Waals surface area (Å²) >= 11 is 1.79. The van der Waals surface area contributed by atoms with Gasteiger partial charge in [0.15, 0.2) is 0 Å². The van der Waals surface area contributed by atoms with E-state index in [1.54, 1.807) is 11.3 Å². The van der Waals surface area contributed by atoms with Gasteiger partial charge in [-0.2, -0.15) is 0 Å². The fourth-order valence-corrected chi connectivity index (χ4v) is 1.79. The normalized spacial score (nSPS) is 11.1. The molecule has 0 spiro atoms. The topological polar surface area (TPSA) is 32.3 Å². The number of aryl methyl sites for hydroxylation is 1. The van der Waals surface area contributed by atoms with Crippen LogP contribution >= 0.6 is 11.3 Å². The Labute approximate surface area is 95.8 Å². The maximum atomic E-state index is 9.02. The van der Waals surface area contributed by atoms with E-state index in [1.165, 1.54) is 9.75 Å². The molecule has 0 aliphatic carbocycles. The van der Waals surface area contributed by atoms with Crippen molar-refractivity contribution in [2.45, 2.75) is 32.9 Å². The molecule has 2 N–H and O–H groups in total. The highest BCUT2D eigenvalue weighted by Crippen LogP contribution is 2.15. The van der Waals surface area contributed by atoms with E-state index in [9.17, 15) is 0 Å². The van der Waals surface area contributed by atoms with Gasteiger partial charge in [-0.25, -0.2) is 0 Å². The zero-order valence-corrected chi connectivity index (χ0v) is 10.4. The standard InChI is InChI=1S/C10H17NOS.ClH/c1-8-4-5-9(13-8)6-11-10(2,3)7-12;/h4-5,11-12H,6-7H2,1-3H3;1H/p-1. The van der Waals surface area contributed by atoms with Crippen LogP contribution in [0.4, 0.5) is 0 Å². The van der Waals surface area contributed by atoms with E-state index in [2.05, 4.69) is 24.4 Å². The van der Waals surface area contributed by atoms with Gasteiger partial charge in [-0.05, 0) is 32.9 Å². The third-order valence-electron chi connectivity index (χ3n) is 1.93. The molecule has 0 atom stereocenters. The molecular weight excluding hydrogens is 218 g/mol. The van der Waals surface area contributed by atoms with Gasteiger partial charge in [0.1, 0.15) is 0 Å². The smallest absolute Gasteiger partial charge is 0.0607 e. The maximum absolute atomic E-state index is 9.02. The number of halogens is 1. The van der Waals surface area contributed by atoms with E-state index >= 15 is 0 Å². The molecule has 0 saturated carbocycles. The maximum Gasteiger partial charge on any atom is 0.0607 e. The highest BCUT2D eigenvalue weighted by atomic mass is 35.5. The molecule has 1 rings (SSSR count). The lowest BCUT2D eigenvalue weighted by Crippen LogP contribution is -3.00. The zero-order chi connectivity index (χ0) is 9.90. The van der Waals surface area contributed by atoms with Crippen molar-refractivity contribution in [3.05, 3.63) is 21.9 Å². The van der Waals surface area contributed by atoms with Crippen LogP contribution in [0.5, 0.6) is 0 Å². The second-order valence-electron chi connectivity index (χ2n) is 3.91. The molecule has 0 saturated heterocycles. The van der Waals surface area contributed by atoms with Crippen molar-refractivity contribution < 1.29 is 17.5 Å². The van der Waals surface area contributed by atoms with Crippen molar-refractivity contribution in [1.82, 2.24) is 5.32 Å². The van der Waals surface area contributed by atoms with Crippen LogP contribution in [0.1, 0.15) is 23.6 Å². The van der Waals surface area contributed by atoms with E-state index in [1.807, 2.05) is 13.8 Å². The Morgan fingerprint density at radius 2 is 2.07 bits per heavy atom. The van der Waals surface area contributed by atoms with E-state index in [0.717, 1.165) is 6.54 Å². The van der Waals surface area contributed by atoms with Gasteiger partial charge in [0.2, 0.25) is 0 Å². The van der Waals surface area contributed by atoms with Gasteiger partial charge in [0, 0.05) is 21.8 Å². The quantitative estimate of drug-likeness (QED) is 0.695. The van der Waals surface area contributed by atoms with Gasteiger partial charge in [-0.3, -0.25) is 0 Å². The first kappa shape index (κ1) is 13.9. The predicted octanol–water partition coefficient (Wildman–Crippen LogP) is -1.08. The lowest BCUT2D eigenvalue weighted by molar-refractivity contribution is -0.00000376. The van der Waals surface area contributed by atoms with Crippen LogP contribution in [0.2, 0.25) is 0 Å². The molecule has 14 heavy (non-hydrogen) atoms. The Hall–Kier alpha value is -0.0900. The summed E-state index contributed by atoms with van der Waals surface area (Å²) < 4.78 is 0. The van der Waals surface area contributed by atoms with Crippen LogP contribution in [-0.2, 0) is 6.54 Å². The molecule has 0 aliphatic rings. The number of nitrogens with one attached hydrogen (secondary N) is 1. The number of aliphatic hydroxyl groups is 1. The van der Waals surface area contributed by atoms with E-state index in [-0.39, 0.29) is 24.6 Å². The average molecular weight is 235 g/mol. The van der Waals surface area contributed by atoms with Gasteiger partial charge in [-0.1, -0.05) is 0 Å². The first-order valence-electron chi connectivity index (χ1n) is 4.45. The molecule has 0 amide bonds. The molecule has 2 nitrogen and oxygen atoms in total. The molecule has 0 aromatic carbocycles. The summed E-state index contributed by atoms with van der Waals surface area (Å²) in [5, 5.41) is 12.3. The van der Waals surface area contributed by atoms with Gasteiger partial charge in [0.05, 0.1) is 6.61 Å². The average Bonchev–Trinajstić information content (AvgIpc) is 2.48. The molecule has 1 heterocycles. The van der Waals surface area contributed by atoms with Crippen molar-refractivity contribution in [3.8, 4) is 0 Å². The van der Waals surface area contributed by atoms with Crippen LogP contribution in [0.15, 0.2) is 12.1 Å².